The number of nitrogens with zero attached hydrogens (tertiary/aromatic N) is 4. The first-order chi connectivity index (χ1) is 15.9. The smallest absolute Gasteiger partial charge is 0.286 e. The van der Waals surface area contributed by atoms with Gasteiger partial charge in [0.1, 0.15) is 0 Å². The molecule has 1 aliphatic rings. The molecule has 1 fully saturated rings. The standard InChI is InChI=1S/C22H29ClN6O3S/c1-3-28(4-2)13-11-24-18(30)15-6-5-12-29(14-15)22(32)21-27-26-20(33-21)19(31)25-17-9-7-16(23)8-10-17/h7-10,15H,3-6,11-14H2,1-2H3,(H,24,30)(H,25,31). The lowest BCUT2D eigenvalue weighted by Gasteiger charge is -2.31. The van der Waals surface area contributed by atoms with Gasteiger partial charge in [-0.1, -0.05) is 36.8 Å². The molecule has 2 N–H and O–H groups in total. The monoisotopic (exact) mass is 492 g/mol. The minimum Gasteiger partial charge on any atom is -0.355 e. The molecule has 33 heavy (non-hydrogen) atoms. The van der Waals surface area contributed by atoms with Crippen LogP contribution in [0.1, 0.15) is 46.3 Å². The first-order valence-corrected chi connectivity index (χ1v) is 12.3. The third-order valence-electron chi connectivity index (χ3n) is 5.61. The number of likely N-dealkylation sites (N-methyl/N-ethyl adjacent to an activating group) is 1. The molecule has 0 aliphatic carbocycles. The third kappa shape index (κ3) is 6.96. The Morgan fingerprint density at radius 3 is 2.55 bits per heavy atom. The fourth-order valence-electron chi connectivity index (χ4n) is 3.65. The quantitative estimate of drug-likeness (QED) is 0.557. The van der Waals surface area contributed by atoms with Crippen LogP contribution in [0.4, 0.5) is 5.69 Å². The predicted octanol–water partition coefficient (Wildman–Crippen LogP) is 2.75. The summed E-state index contributed by atoms with van der Waals surface area (Å²) in [4.78, 5) is 41.8. The van der Waals surface area contributed by atoms with Crippen molar-refractivity contribution in [2.75, 3.05) is 44.6 Å². The number of hydrogen-bond donors (Lipinski definition) is 2. The van der Waals surface area contributed by atoms with Gasteiger partial charge in [0.25, 0.3) is 11.8 Å². The average molecular weight is 493 g/mol. The Morgan fingerprint density at radius 2 is 1.85 bits per heavy atom. The number of hydrogen-bond acceptors (Lipinski definition) is 7. The van der Waals surface area contributed by atoms with Crippen molar-refractivity contribution in [1.82, 2.24) is 25.3 Å². The van der Waals surface area contributed by atoms with Crippen molar-refractivity contribution < 1.29 is 14.4 Å². The van der Waals surface area contributed by atoms with E-state index in [-0.39, 0.29) is 27.7 Å². The number of carbonyl (C=O) groups excluding carboxylic acids is 3. The highest BCUT2D eigenvalue weighted by atomic mass is 35.5. The van der Waals surface area contributed by atoms with E-state index in [9.17, 15) is 14.4 Å². The molecule has 178 valence electrons. The van der Waals surface area contributed by atoms with E-state index in [0.717, 1.165) is 43.8 Å². The first kappa shape index (κ1) is 25.1. The van der Waals surface area contributed by atoms with Crippen LogP contribution in [0.2, 0.25) is 5.02 Å². The number of piperidine rings is 1. The number of carbonyl (C=O) groups is 3. The number of rotatable bonds is 9. The second-order valence-corrected chi connectivity index (χ2v) is 9.20. The summed E-state index contributed by atoms with van der Waals surface area (Å²) < 4.78 is 0. The summed E-state index contributed by atoms with van der Waals surface area (Å²) in [5.41, 5.74) is 0.568. The summed E-state index contributed by atoms with van der Waals surface area (Å²) in [7, 11) is 0. The van der Waals surface area contributed by atoms with Crippen LogP contribution >= 0.6 is 22.9 Å². The average Bonchev–Trinajstić information content (AvgIpc) is 3.33. The summed E-state index contributed by atoms with van der Waals surface area (Å²) in [6.07, 6.45) is 1.48. The zero-order chi connectivity index (χ0) is 23.8. The minimum atomic E-state index is -0.446. The molecule has 1 aromatic carbocycles. The lowest BCUT2D eigenvalue weighted by molar-refractivity contribution is -0.126. The topological polar surface area (TPSA) is 108 Å². The van der Waals surface area contributed by atoms with Gasteiger partial charge >= 0.3 is 0 Å². The van der Waals surface area contributed by atoms with E-state index in [4.69, 9.17) is 11.6 Å². The predicted molar refractivity (Wildman–Crippen MR) is 129 cm³/mol. The first-order valence-electron chi connectivity index (χ1n) is 11.1. The van der Waals surface area contributed by atoms with Crippen molar-refractivity contribution in [1.29, 1.82) is 0 Å². The molecule has 11 heteroatoms. The number of nitrogens with one attached hydrogen (secondary N) is 2. The number of aromatic nitrogens is 2. The van der Waals surface area contributed by atoms with Gasteiger partial charge in [0.2, 0.25) is 15.9 Å². The fourth-order valence-corrected chi connectivity index (χ4v) is 4.48. The molecule has 1 aromatic heterocycles. The van der Waals surface area contributed by atoms with Crippen molar-refractivity contribution in [3.8, 4) is 0 Å². The molecule has 3 rings (SSSR count). The largest absolute Gasteiger partial charge is 0.355 e. The van der Waals surface area contributed by atoms with Crippen LogP contribution in [-0.2, 0) is 4.79 Å². The molecule has 1 atom stereocenters. The van der Waals surface area contributed by atoms with Gasteiger partial charge in [-0.25, -0.2) is 0 Å². The van der Waals surface area contributed by atoms with Gasteiger partial charge in [0.05, 0.1) is 5.92 Å². The molecule has 1 aliphatic heterocycles. The van der Waals surface area contributed by atoms with Crippen molar-refractivity contribution in [2.45, 2.75) is 26.7 Å². The summed E-state index contributed by atoms with van der Waals surface area (Å²) in [5.74, 6) is -1.03. The highest BCUT2D eigenvalue weighted by Crippen LogP contribution is 2.21. The Bertz CT molecular complexity index is 963. The maximum Gasteiger partial charge on any atom is 0.286 e. The van der Waals surface area contributed by atoms with Gasteiger partial charge in [0, 0.05) is 36.9 Å². The van der Waals surface area contributed by atoms with Gasteiger partial charge in [-0.3, -0.25) is 14.4 Å². The van der Waals surface area contributed by atoms with E-state index >= 15 is 0 Å². The molecule has 1 saturated heterocycles. The van der Waals surface area contributed by atoms with E-state index in [2.05, 4.69) is 39.6 Å². The maximum atomic E-state index is 12.9. The summed E-state index contributed by atoms with van der Waals surface area (Å²) in [6, 6.07) is 6.68. The maximum absolute atomic E-state index is 12.9. The molecule has 9 nitrogen and oxygen atoms in total. The molecule has 0 bridgehead atoms. The Kier molecular flexibility index (Phi) is 9.16. The van der Waals surface area contributed by atoms with E-state index in [1.54, 1.807) is 29.2 Å². The zero-order valence-electron chi connectivity index (χ0n) is 18.8. The van der Waals surface area contributed by atoms with Gasteiger partial charge in [0.15, 0.2) is 0 Å². The van der Waals surface area contributed by atoms with Crippen LogP contribution < -0.4 is 10.6 Å². The molecule has 2 aromatic rings. The number of amides is 3. The Labute approximate surface area is 202 Å². The highest BCUT2D eigenvalue weighted by Gasteiger charge is 2.30. The van der Waals surface area contributed by atoms with Crippen molar-refractivity contribution in [3.05, 3.63) is 39.3 Å². The Morgan fingerprint density at radius 1 is 1.15 bits per heavy atom. The SMILES string of the molecule is CCN(CC)CCNC(=O)C1CCCN(C(=O)c2nnc(C(=O)Nc3ccc(Cl)cc3)s2)C1. The molecule has 0 saturated carbocycles. The fraction of sp³-hybridized carbons (Fsp3) is 0.500. The number of halogens is 1. The Hall–Kier alpha value is -2.56. The number of likely N-dealkylation sites (tertiary alicyclic amines) is 1. The van der Waals surface area contributed by atoms with Crippen LogP contribution in [-0.4, -0.2) is 77.0 Å². The van der Waals surface area contributed by atoms with Crippen LogP contribution in [0, 0.1) is 5.92 Å². The Balaban J connectivity index is 1.54. The number of benzene rings is 1. The van der Waals surface area contributed by atoms with Crippen molar-refractivity contribution in [2.24, 2.45) is 5.92 Å². The van der Waals surface area contributed by atoms with Crippen LogP contribution in [0.15, 0.2) is 24.3 Å². The van der Waals surface area contributed by atoms with Gasteiger partial charge in [-0.2, -0.15) is 0 Å². The summed E-state index contributed by atoms with van der Waals surface area (Å²) in [6.45, 7) is 8.36. The second-order valence-electron chi connectivity index (χ2n) is 7.78. The minimum absolute atomic E-state index is 0.0278. The zero-order valence-corrected chi connectivity index (χ0v) is 20.4. The van der Waals surface area contributed by atoms with Gasteiger partial charge in [-0.15, -0.1) is 10.2 Å². The normalized spacial score (nSPS) is 16.0. The second kappa shape index (κ2) is 12.1. The summed E-state index contributed by atoms with van der Waals surface area (Å²) >= 11 is 6.79. The third-order valence-corrected chi connectivity index (χ3v) is 6.77. The van der Waals surface area contributed by atoms with E-state index in [1.807, 2.05) is 0 Å². The number of anilines is 1. The molecule has 1 unspecified atom stereocenters. The molecular formula is C22H29ClN6O3S. The molecule has 2 heterocycles. The van der Waals surface area contributed by atoms with E-state index < -0.39 is 5.91 Å². The van der Waals surface area contributed by atoms with Crippen LogP contribution in [0.3, 0.4) is 0 Å². The molecule has 0 spiro atoms. The molecule has 0 radical (unpaired) electrons. The van der Waals surface area contributed by atoms with E-state index in [1.165, 1.54) is 0 Å². The van der Waals surface area contributed by atoms with E-state index in [0.29, 0.717) is 30.3 Å². The van der Waals surface area contributed by atoms with Crippen LogP contribution in [0.25, 0.3) is 0 Å². The van der Waals surface area contributed by atoms with Gasteiger partial charge in [-0.05, 0) is 50.2 Å². The molecule has 3 amide bonds. The van der Waals surface area contributed by atoms with Crippen LogP contribution in [0.5, 0.6) is 0 Å². The molecular weight excluding hydrogens is 464 g/mol. The van der Waals surface area contributed by atoms with Crippen molar-refractivity contribution in [3.63, 3.8) is 0 Å². The van der Waals surface area contributed by atoms with Gasteiger partial charge < -0.3 is 20.4 Å². The highest BCUT2D eigenvalue weighted by molar-refractivity contribution is 7.15. The van der Waals surface area contributed by atoms with Crippen molar-refractivity contribution >= 4 is 46.3 Å². The lowest BCUT2D eigenvalue weighted by atomic mass is 9.97. The lowest BCUT2D eigenvalue weighted by Crippen LogP contribution is -2.46. The summed E-state index contributed by atoms with van der Waals surface area (Å²) in [5, 5.41) is 14.3.